The van der Waals surface area contributed by atoms with Gasteiger partial charge in [-0.1, -0.05) is 0 Å². The molecule has 224 valence electrons. The minimum absolute atomic E-state index is 0.0551. The normalized spacial score (nSPS) is 27.4. The summed E-state index contributed by atoms with van der Waals surface area (Å²) in [5, 5.41) is 0.227. The molecule has 1 aromatic heterocycles. The van der Waals surface area contributed by atoms with Crippen LogP contribution in [0.15, 0.2) is 12.1 Å². The molecule has 3 heterocycles. The van der Waals surface area contributed by atoms with E-state index in [1.807, 2.05) is 56.5 Å². The van der Waals surface area contributed by atoms with Crippen LogP contribution in [0.1, 0.15) is 47.0 Å². The Morgan fingerprint density at radius 3 is 2.56 bits per heavy atom. The molecule has 1 aromatic carbocycles. The molecule has 1 amide bonds. The fraction of sp³-hybridized carbons (Fsp3) is 0.655. The van der Waals surface area contributed by atoms with Crippen molar-refractivity contribution in [2.24, 2.45) is 11.3 Å². The fourth-order valence-corrected chi connectivity index (χ4v) is 6.54. The van der Waals surface area contributed by atoms with E-state index in [4.69, 9.17) is 14.2 Å². The molecule has 2 saturated heterocycles. The van der Waals surface area contributed by atoms with Gasteiger partial charge in [0, 0.05) is 36.5 Å². The van der Waals surface area contributed by atoms with Crippen LogP contribution in [-0.4, -0.2) is 96.5 Å². The van der Waals surface area contributed by atoms with Gasteiger partial charge in [-0.15, -0.1) is 0 Å². The lowest BCUT2D eigenvalue weighted by atomic mass is 9.97. The van der Waals surface area contributed by atoms with E-state index in [1.165, 1.54) is 13.2 Å². The quantitative estimate of drug-likeness (QED) is 0.454. The predicted octanol–water partition coefficient (Wildman–Crippen LogP) is 4.01. The van der Waals surface area contributed by atoms with Gasteiger partial charge in [0.25, 0.3) is 0 Å². The molecule has 12 heteroatoms. The Morgan fingerprint density at radius 2 is 1.93 bits per heavy atom. The molecule has 41 heavy (non-hydrogen) atoms. The zero-order chi connectivity index (χ0) is 29.9. The predicted molar refractivity (Wildman–Crippen MR) is 148 cm³/mol. The number of esters is 1. The first-order valence-electron chi connectivity index (χ1n) is 13.9. The average molecular weight is 576 g/mol. The SMILES string of the molecule is COC(=O)C1CC1(COc1nc(N2C[C@H]3CC[C@@](C)(C2)N3C(=O)OC(C)(C)C)c2cc(F)cc(F)c2n1)CN(C)C. The Morgan fingerprint density at radius 1 is 1.20 bits per heavy atom. The number of fused-ring (bicyclic) bond motifs is 3. The lowest BCUT2D eigenvalue weighted by Gasteiger charge is -2.47. The first-order chi connectivity index (χ1) is 19.1. The number of amides is 1. The van der Waals surface area contributed by atoms with Gasteiger partial charge in [-0.2, -0.15) is 9.97 Å². The number of methoxy groups -OCH3 is 1. The molecule has 1 saturated carbocycles. The zero-order valence-corrected chi connectivity index (χ0v) is 24.8. The van der Waals surface area contributed by atoms with Crippen molar-refractivity contribution < 1.29 is 32.6 Å². The van der Waals surface area contributed by atoms with E-state index < -0.39 is 28.2 Å². The van der Waals surface area contributed by atoms with Crippen molar-refractivity contribution in [1.82, 2.24) is 19.8 Å². The third kappa shape index (κ3) is 5.62. The molecule has 2 unspecified atom stereocenters. The van der Waals surface area contributed by atoms with Gasteiger partial charge in [0.05, 0.1) is 31.2 Å². The minimum Gasteiger partial charge on any atom is -0.469 e. The van der Waals surface area contributed by atoms with Gasteiger partial charge in [0.15, 0.2) is 5.82 Å². The molecule has 3 fully saturated rings. The van der Waals surface area contributed by atoms with Crippen LogP contribution >= 0.6 is 0 Å². The highest BCUT2D eigenvalue weighted by Crippen LogP contribution is 2.53. The number of rotatable bonds is 7. The number of anilines is 1. The second-order valence-electron chi connectivity index (χ2n) is 13.2. The summed E-state index contributed by atoms with van der Waals surface area (Å²) in [7, 11) is 5.18. The molecule has 0 radical (unpaired) electrons. The van der Waals surface area contributed by atoms with Crippen molar-refractivity contribution in [2.75, 3.05) is 52.3 Å². The number of hydrogen-bond donors (Lipinski definition) is 0. The maximum absolute atomic E-state index is 15.1. The number of carbonyl (C=O) groups excluding carboxylic acids is 2. The molecule has 2 aliphatic heterocycles. The molecule has 1 aliphatic carbocycles. The summed E-state index contributed by atoms with van der Waals surface area (Å²) in [5.41, 5.74) is -1.73. The Bertz CT molecular complexity index is 1370. The summed E-state index contributed by atoms with van der Waals surface area (Å²) in [6.45, 7) is 9.01. The standard InChI is InChI=1S/C29H39F2N5O5/c1-27(2,3)41-26(38)36-18-8-9-28(36,4)14-35(13-18)23-19-10-17(30)11-21(31)22(19)32-25(33-23)40-16-29(15-34(5)6)12-20(29)24(37)39-7/h10-11,18,20H,8-9,12-16H2,1-7H3/t18-,20?,28+,29?/m1/s1. The van der Waals surface area contributed by atoms with E-state index in [1.54, 1.807) is 0 Å². The second-order valence-corrected chi connectivity index (χ2v) is 13.2. The average Bonchev–Trinajstić information content (AvgIpc) is 3.51. The largest absolute Gasteiger partial charge is 0.469 e. The van der Waals surface area contributed by atoms with E-state index in [2.05, 4.69) is 9.97 Å². The first-order valence-corrected chi connectivity index (χ1v) is 13.9. The van der Waals surface area contributed by atoms with E-state index in [9.17, 15) is 14.0 Å². The van der Waals surface area contributed by atoms with Crippen LogP contribution in [0.3, 0.4) is 0 Å². The molecule has 10 nitrogen and oxygen atoms in total. The van der Waals surface area contributed by atoms with Crippen LogP contribution < -0.4 is 9.64 Å². The highest BCUT2D eigenvalue weighted by molar-refractivity contribution is 5.90. The number of ether oxygens (including phenoxy) is 3. The number of halogens is 2. The maximum Gasteiger partial charge on any atom is 0.411 e. The minimum atomic E-state index is -0.822. The van der Waals surface area contributed by atoms with Crippen LogP contribution in [0, 0.1) is 23.0 Å². The molecule has 5 rings (SSSR count). The Hall–Kier alpha value is -3.28. The highest BCUT2D eigenvalue weighted by atomic mass is 19.1. The fourth-order valence-electron chi connectivity index (χ4n) is 6.54. The van der Waals surface area contributed by atoms with Gasteiger partial charge in [-0.05, 0) is 67.1 Å². The Balaban J connectivity index is 1.46. The summed E-state index contributed by atoms with van der Waals surface area (Å²) in [4.78, 5) is 40.1. The third-order valence-corrected chi connectivity index (χ3v) is 8.29. The van der Waals surface area contributed by atoms with Gasteiger partial charge in [-0.25, -0.2) is 13.6 Å². The molecule has 2 bridgehead atoms. The molecular weight excluding hydrogens is 536 g/mol. The number of carbonyl (C=O) groups is 2. The smallest absolute Gasteiger partial charge is 0.411 e. The van der Waals surface area contributed by atoms with Gasteiger partial charge >= 0.3 is 18.1 Å². The second kappa shape index (κ2) is 10.2. The summed E-state index contributed by atoms with van der Waals surface area (Å²) < 4.78 is 46.2. The van der Waals surface area contributed by atoms with Crippen molar-refractivity contribution >= 4 is 28.8 Å². The zero-order valence-electron chi connectivity index (χ0n) is 24.8. The number of nitrogens with zero attached hydrogens (tertiary/aromatic N) is 5. The number of benzene rings is 1. The van der Waals surface area contributed by atoms with Crippen molar-refractivity contribution in [1.29, 1.82) is 0 Å². The molecule has 4 atom stereocenters. The van der Waals surface area contributed by atoms with E-state index in [0.717, 1.165) is 18.9 Å². The summed E-state index contributed by atoms with van der Waals surface area (Å²) in [5.74, 6) is -1.84. The molecule has 0 N–H and O–H groups in total. The maximum atomic E-state index is 15.1. The Kier molecular flexibility index (Phi) is 7.28. The van der Waals surface area contributed by atoms with Crippen LogP contribution in [0.25, 0.3) is 10.9 Å². The molecule has 3 aliphatic rings. The number of hydrogen-bond acceptors (Lipinski definition) is 9. The highest BCUT2D eigenvalue weighted by Gasteiger charge is 2.60. The lowest BCUT2D eigenvalue weighted by molar-refractivity contribution is -0.143. The van der Waals surface area contributed by atoms with E-state index >= 15 is 4.39 Å². The molecular formula is C29H39F2N5O5. The monoisotopic (exact) mass is 575 g/mol. The first kappa shape index (κ1) is 29.2. The third-order valence-electron chi connectivity index (χ3n) is 8.29. The van der Waals surface area contributed by atoms with E-state index in [-0.39, 0.29) is 47.5 Å². The Labute approximate surface area is 238 Å². The van der Waals surface area contributed by atoms with E-state index in [0.29, 0.717) is 31.9 Å². The van der Waals surface area contributed by atoms with Crippen LogP contribution in [0.5, 0.6) is 6.01 Å². The lowest BCUT2D eigenvalue weighted by Crippen LogP contribution is -2.63. The molecule has 0 spiro atoms. The summed E-state index contributed by atoms with van der Waals surface area (Å²) >= 11 is 0. The van der Waals surface area contributed by atoms with Gasteiger partial charge in [0.2, 0.25) is 0 Å². The van der Waals surface area contributed by atoms with Crippen molar-refractivity contribution in [3.8, 4) is 6.01 Å². The van der Waals surface area contributed by atoms with Crippen molar-refractivity contribution in [3.05, 3.63) is 23.8 Å². The van der Waals surface area contributed by atoms with Gasteiger partial charge in [-0.3, -0.25) is 9.69 Å². The molecule has 2 aromatic rings. The van der Waals surface area contributed by atoms with Gasteiger partial charge < -0.3 is 24.0 Å². The van der Waals surface area contributed by atoms with Crippen LogP contribution in [-0.2, 0) is 14.3 Å². The summed E-state index contributed by atoms with van der Waals surface area (Å²) in [6, 6.07) is 1.80. The van der Waals surface area contributed by atoms with Crippen molar-refractivity contribution in [2.45, 2.75) is 64.1 Å². The number of piperazine rings is 1. The number of aromatic nitrogens is 2. The van der Waals surface area contributed by atoms with Crippen molar-refractivity contribution in [3.63, 3.8) is 0 Å². The van der Waals surface area contributed by atoms with Crippen LogP contribution in [0.2, 0.25) is 0 Å². The van der Waals surface area contributed by atoms with Crippen LogP contribution in [0.4, 0.5) is 19.4 Å². The summed E-state index contributed by atoms with van der Waals surface area (Å²) in [6.07, 6.45) is 1.74. The van der Waals surface area contributed by atoms with Gasteiger partial charge in [0.1, 0.15) is 22.8 Å². The topological polar surface area (TPSA) is 97.3 Å².